The van der Waals surface area contributed by atoms with E-state index in [1.54, 1.807) is 0 Å². The quantitative estimate of drug-likeness (QED) is 0.832. The summed E-state index contributed by atoms with van der Waals surface area (Å²) >= 11 is 2.31. The Labute approximate surface area is 111 Å². The molecule has 0 amide bonds. The Kier molecular flexibility index (Phi) is 4.21. The lowest BCUT2D eigenvalue weighted by Gasteiger charge is -2.22. The van der Waals surface area contributed by atoms with Crippen LogP contribution in [0.1, 0.15) is 31.2 Å². The van der Waals surface area contributed by atoms with E-state index in [2.05, 4.69) is 52.2 Å². The van der Waals surface area contributed by atoms with Crippen LogP contribution < -0.4 is 5.32 Å². The molecule has 0 heterocycles. The third kappa shape index (κ3) is 3.43. The zero-order valence-corrected chi connectivity index (χ0v) is 11.5. The fourth-order valence-corrected chi connectivity index (χ4v) is 2.61. The Morgan fingerprint density at radius 1 is 1.19 bits per heavy atom. The van der Waals surface area contributed by atoms with Crippen LogP contribution in [0.2, 0.25) is 0 Å². The molecule has 1 aromatic carbocycles. The summed E-state index contributed by atoms with van der Waals surface area (Å²) in [5, 5.41) is 13.5. The van der Waals surface area contributed by atoms with Crippen molar-refractivity contribution in [1.82, 2.24) is 5.32 Å². The molecule has 2 N–H and O–H groups in total. The second-order valence-corrected chi connectivity index (χ2v) is 5.91. The van der Waals surface area contributed by atoms with Gasteiger partial charge in [0, 0.05) is 16.7 Å². The molecule has 1 saturated carbocycles. The van der Waals surface area contributed by atoms with Crippen molar-refractivity contribution in [2.75, 3.05) is 6.54 Å². The molecule has 0 aromatic heterocycles. The summed E-state index contributed by atoms with van der Waals surface area (Å²) in [6.07, 6.45) is 4.24. The van der Waals surface area contributed by atoms with E-state index in [0.717, 1.165) is 25.9 Å². The minimum atomic E-state index is -0.441. The number of halogens is 1. The Bertz CT molecular complexity index is 330. The summed E-state index contributed by atoms with van der Waals surface area (Å²) in [6.45, 7) is 1.57. The van der Waals surface area contributed by atoms with Gasteiger partial charge in [0.1, 0.15) is 0 Å². The Morgan fingerprint density at radius 3 is 2.44 bits per heavy atom. The lowest BCUT2D eigenvalue weighted by Crippen LogP contribution is -2.37. The van der Waals surface area contributed by atoms with Crippen molar-refractivity contribution in [3.8, 4) is 0 Å². The molecular weight excluding hydrogens is 313 g/mol. The van der Waals surface area contributed by atoms with Crippen LogP contribution in [0.25, 0.3) is 0 Å². The van der Waals surface area contributed by atoms with Crippen molar-refractivity contribution in [2.24, 2.45) is 0 Å². The van der Waals surface area contributed by atoms with Crippen LogP contribution >= 0.6 is 22.6 Å². The molecule has 0 aliphatic heterocycles. The van der Waals surface area contributed by atoms with E-state index in [0.29, 0.717) is 0 Å². The number of aliphatic hydroxyl groups is 1. The SMILES string of the molecule is OC1(CNCc2ccc(I)cc2)CCCC1. The number of benzene rings is 1. The van der Waals surface area contributed by atoms with E-state index >= 15 is 0 Å². The first-order valence-corrected chi connectivity index (χ1v) is 6.93. The van der Waals surface area contributed by atoms with Gasteiger partial charge in [-0.15, -0.1) is 0 Å². The number of hydrogen-bond donors (Lipinski definition) is 2. The lowest BCUT2D eigenvalue weighted by atomic mass is 10.0. The van der Waals surface area contributed by atoms with Crippen molar-refractivity contribution in [2.45, 2.75) is 37.8 Å². The van der Waals surface area contributed by atoms with Gasteiger partial charge < -0.3 is 10.4 Å². The number of rotatable bonds is 4. The zero-order chi connectivity index (χ0) is 11.4. The molecule has 2 rings (SSSR count). The van der Waals surface area contributed by atoms with Crippen LogP contribution in [0.4, 0.5) is 0 Å². The van der Waals surface area contributed by atoms with E-state index < -0.39 is 5.60 Å². The van der Waals surface area contributed by atoms with Gasteiger partial charge in [-0.3, -0.25) is 0 Å². The highest BCUT2D eigenvalue weighted by molar-refractivity contribution is 14.1. The molecule has 88 valence electrons. The average Bonchev–Trinajstić information content (AvgIpc) is 2.69. The minimum Gasteiger partial charge on any atom is -0.389 e. The van der Waals surface area contributed by atoms with Gasteiger partial charge in [0.2, 0.25) is 0 Å². The Balaban J connectivity index is 1.77. The molecule has 0 saturated heterocycles. The van der Waals surface area contributed by atoms with Crippen LogP contribution in [0.3, 0.4) is 0 Å². The van der Waals surface area contributed by atoms with Crippen molar-refractivity contribution in [3.63, 3.8) is 0 Å². The Hall–Kier alpha value is -0.130. The normalized spacial score (nSPS) is 18.9. The molecule has 0 unspecified atom stereocenters. The standard InChI is InChI=1S/C13H18INO/c14-12-5-3-11(4-6-12)9-15-10-13(16)7-1-2-8-13/h3-6,15-16H,1-2,7-10H2. The molecule has 1 aliphatic carbocycles. The lowest BCUT2D eigenvalue weighted by molar-refractivity contribution is 0.0475. The Morgan fingerprint density at radius 2 is 1.81 bits per heavy atom. The number of hydrogen-bond acceptors (Lipinski definition) is 2. The fourth-order valence-electron chi connectivity index (χ4n) is 2.25. The number of nitrogens with one attached hydrogen (secondary N) is 1. The first-order chi connectivity index (χ1) is 7.68. The molecular formula is C13H18INO. The highest BCUT2D eigenvalue weighted by Gasteiger charge is 2.30. The van der Waals surface area contributed by atoms with Crippen LogP contribution in [-0.2, 0) is 6.54 Å². The summed E-state index contributed by atoms with van der Waals surface area (Å²) in [7, 11) is 0. The van der Waals surface area contributed by atoms with Crippen LogP contribution in [0.5, 0.6) is 0 Å². The fraction of sp³-hybridized carbons (Fsp3) is 0.538. The third-order valence-electron chi connectivity index (χ3n) is 3.23. The van der Waals surface area contributed by atoms with E-state index in [4.69, 9.17) is 0 Å². The van der Waals surface area contributed by atoms with Crippen LogP contribution in [0, 0.1) is 3.57 Å². The molecule has 2 nitrogen and oxygen atoms in total. The van der Waals surface area contributed by atoms with Gasteiger partial charge in [-0.1, -0.05) is 25.0 Å². The second-order valence-electron chi connectivity index (χ2n) is 4.66. The van der Waals surface area contributed by atoms with E-state index in [1.165, 1.54) is 22.0 Å². The van der Waals surface area contributed by atoms with Crippen molar-refractivity contribution in [1.29, 1.82) is 0 Å². The van der Waals surface area contributed by atoms with E-state index in [9.17, 15) is 5.11 Å². The summed E-state index contributed by atoms with van der Waals surface area (Å²) in [4.78, 5) is 0. The van der Waals surface area contributed by atoms with Gasteiger partial charge in [0.25, 0.3) is 0 Å². The molecule has 1 aliphatic rings. The summed E-state index contributed by atoms with van der Waals surface area (Å²) in [5.74, 6) is 0. The van der Waals surface area contributed by atoms with Crippen molar-refractivity contribution < 1.29 is 5.11 Å². The summed E-state index contributed by atoms with van der Waals surface area (Å²) in [6, 6.07) is 8.49. The van der Waals surface area contributed by atoms with E-state index in [1.807, 2.05) is 0 Å². The van der Waals surface area contributed by atoms with Gasteiger partial charge in [-0.2, -0.15) is 0 Å². The van der Waals surface area contributed by atoms with Crippen molar-refractivity contribution >= 4 is 22.6 Å². The molecule has 0 spiro atoms. The largest absolute Gasteiger partial charge is 0.389 e. The maximum atomic E-state index is 10.1. The highest BCUT2D eigenvalue weighted by atomic mass is 127. The minimum absolute atomic E-state index is 0.441. The van der Waals surface area contributed by atoms with Crippen LogP contribution in [0.15, 0.2) is 24.3 Å². The molecule has 1 fully saturated rings. The monoisotopic (exact) mass is 331 g/mol. The van der Waals surface area contributed by atoms with Gasteiger partial charge in [0.05, 0.1) is 5.60 Å². The van der Waals surface area contributed by atoms with E-state index in [-0.39, 0.29) is 0 Å². The average molecular weight is 331 g/mol. The third-order valence-corrected chi connectivity index (χ3v) is 3.95. The second kappa shape index (κ2) is 5.47. The topological polar surface area (TPSA) is 32.3 Å². The molecule has 16 heavy (non-hydrogen) atoms. The van der Waals surface area contributed by atoms with Gasteiger partial charge in [-0.25, -0.2) is 0 Å². The molecule has 0 bridgehead atoms. The predicted octanol–water partition coefficient (Wildman–Crippen LogP) is 2.69. The molecule has 1 aromatic rings. The molecule has 3 heteroatoms. The first-order valence-electron chi connectivity index (χ1n) is 5.86. The maximum absolute atomic E-state index is 10.1. The zero-order valence-electron chi connectivity index (χ0n) is 9.38. The van der Waals surface area contributed by atoms with Crippen molar-refractivity contribution in [3.05, 3.63) is 33.4 Å². The summed E-state index contributed by atoms with van der Waals surface area (Å²) < 4.78 is 1.26. The summed E-state index contributed by atoms with van der Waals surface area (Å²) in [5.41, 5.74) is 0.838. The van der Waals surface area contributed by atoms with Crippen LogP contribution in [-0.4, -0.2) is 17.3 Å². The molecule has 0 radical (unpaired) electrons. The smallest absolute Gasteiger partial charge is 0.0771 e. The predicted molar refractivity (Wildman–Crippen MR) is 74.3 cm³/mol. The van der Waals surface area contributed by atoms with Gasteiger partial charge in [-0.05, 0) is 53.1 Å². The maximum Gasteiger partial charge on any atom is 0.0771 e. The molecule has 0 atom stereocenters. The first kappa shape index (κ1) is 12.3. The van der Waals surface area contributed by atoms with Gasteiger partial charge >= 0.3 is 0 Å². The van der Waals surface area contributed by atoms with Gasteiger partial charge in [0.15, 0.2) is 0 Å². The highest BCUT2D eigenvalue weighted by Crippen LogP contribution is 2.28.